The molecule has 2 heterocycles. The van der Waals surface area contributed by atoms with Crippen LogP contribution in [0.1, 0.15) is 50.5 Å². The molecular weight excluding hydrogens is 446 g/mol. The van der Waals surface area contributed by atoms with E-state index in [-0.39, 0.29) is 36.7 Å². The predicted molar refractivity (Wildman–Crippen MR) is 134 cm³/mol. The number of hydroxylamine groups is 3. The molecule has 0 radical (unpaired) electrons. The molecule has 4 N–H and O–H groups in total. The van der Waals surface area contributed by atoms with Crippen molar-refractivity contribution >= 4 is 11.8 Å². The Balaban J connectivity index is 1.54. The summed E-state index contributed by atoms with van der Waals surface area (Å²) in [6.07, 6.45) is 6.62. The summed E-state index contributed by atoms with van der Waals surface area (Å²) in [5, 5.41) is 32.6. The van der Waals surface area contributed by atoms with Crippen molar-refractivity contribution in [3.05, 3.63) is 35.0 Å². The second-order valence-corrected chi connectivity index (χ2v) is 10.6. The maximum Gasteiger partial charge on any atom is 0.249 e. The lowest BCUT2D eigenvalue weighted by molar-refractivity contribution is -0.874. The van der Waals surface area contributed by atoms with Gasteiger partial charge in [0.1, 0.15) is 18.5 Å². The number of hydrogen-bond acceptors (Lipinski definition) is 6. The summed E-state index contributed by atoms with van der Waals surface area (Å²) in [7, 11) is 1.60. The zero-order valence-electron chi connectivity index (χ0n) is 20.9. The Kier molecular flexibility index (Phi) is 8.64. The lowest BCUT2D eigenvalue weighted by Gasteiger charge is -2.46. The number of nitrogens with zero attached hydrogens (tertiary/aromatic N) is 2. The Hall–Kier alpha value is -2.20. The van der Waals surface area contributed by atoms with E-state index in [2.05, 4.69) is 16.0 Å². The summed E-state index contributed by atoms with van der Waals surface area (Å²) in [6.45, 7) is 3.15. The second-order valence-electron chi connectivity index (χ2n) is 10.6. The molecule has 3 unspecified atom stereocenters. The van der Waals surface area contributed by atoms with E-state index < -0.39 is 16.7 Å². The van der Waals surface area contributed by atoms with Crippen LogP contribution in [0.5, 0.6) is 5.75 Å². The number of phenolic OH excluding ortho intramolecular Hbond substituents is 1. The summed E-state index contributed by atoms with van der Waals surface area (Å²) >= 11 is 0. The van der Waals surface area contributed by atoms with Crippen LogP contribution in [0.15, 0.2) is 24.3 Å². The molecule has 0 spiro atoms. The molecule has 2 aliphatic heterocycles. The van der Waals surface area contributed by atoms with Crippen molar-refractivity contribution in [2.75, 3.05) is 39.9 Å². The van der Waals surface area contributed by atoms with Crippen LogP contribution in [-0.4, -0.2) is 84.5 Å². The highest BCUT2D eigenvalue weighted by atomic mass is 16.6. The number of hydrogen-bond donors (Lipinski definition) is 4. The van der Waals surface area contributed by atoms with Crippen LogP contribution >= 0.6 is 0 Å². The normalized spacial score (nSPS) is 26.5. The molecule has 9 heteroatoms. The number of aryl methyl sites for hydroxylation is 1. The maximum atomic E-state index is 13.7. The Morgan fingerprint density at radius 3 is 2.46 bits per heavy atom. The molecule has 2 amide bonds. The molecule has 1 aliphatic carbocycles. The highest BCUT2D eigenvalue weighted by Crippen LogP contribution is 2.30. The summed E-state index contributed by atoms with van der Waals surface area (Å²) < 4.78 is -0.570. The highest BCUT2D eigenvalue weighted by Gasteiger charge is 2.48. The summed E-state index contributed by atoms with van der Waals surface area (Å²) in [4.78, 5) is 29.3. The molecule has 194 valence electrons. The molecule has 9 nitrogen and oxygen atoms in total. The van der Waals surface area contributed by atoms with Crippen molar-refractivity contribution < 1.29 is 19.3 Å². The number of piperidine rings is 1. The Morgan fingerprint density at radius 1 is 1.14 bits per heavy atom. The van der Waals surface area contributed by atoms with Gasteiger partial charge >= 0.3 is 0 Å². The molecule has 35 heavy (non-hydrogen) atoms. The summed E-state index contributed by atoms with van der Waals surface area (Å²) in [5.74, 6) is 0.349. The van der Waals surface area contributed by atoms with Gasteiger partial charge in [-0.1, -0.05) is 25.0 Å². The average Bonchev–Trinajstić information content (AvgIpc) is 3.50. The number of likely N-dealkylation sites (N-methyl/N-ethyl adjacent to an activating group) is 1. The minimum atomic E-state index is -0.787. The Labute approximate surface area is 208 Å². The van der Waals surface area contributed by atoms with Crippen molar-refractivity contribution in [1.29, 1.82) is 0 Å². The number of phenols is 1. The van der Waals surface area contributed by atoms with E-state index in [1.54, 1.807) is 24.1 Å². The van der Waals surface area contributed by atoms with Gasteiger partial charge in [-0.15, -0.1) is 0 Å². The van der Waals surface area contributed by atoms with E-state index >= 15 is 0 Å². The number of amides is 2. The zero-order valence-corrected chi connectivity index (χ0v) is 20.9. The molecule has 0 bridgehead atoms. The Morgan fingerprint density at radius 2 is 1.83 bits per heavy atom. The van der Waals surface area contributed by atoms with Crippen LogP contribution in [0, 0.1) is 11.1 Å². The van der Waals surface area contributed by atoms with Crippen LogP contribution in [0.25, 0.3) is 0 Å². The van der Waals surface area contributed by atoms with E-state index in [4.69, 9.17) is 0 Å². The quantitative estimate of drug-likeness (QED) is 0.310. The van der Waals surface area contributed by atoms with Gasteiger partial charge in [0.2, 0.25) is 11.8 Å². The molecule has 4 rings (SSSR count). The maximum absolute atomic E-state index is 13.7. The van der Waals surface area contributed by atoms with E-state index in [0.29, 0.717) is 25.4 Å². The largest absolute Gasteiger partial charge is 0.632 e. The minimum Gasteiger partial charge on any atom is -0.632 e. The van der Waals surface area contributed by atoms with Crippen LogP contribution in [0.3, 0.4) is 0 Å². The molecule has 1 saturated carbocycles. The van der Waals surface area contributed by atoms with Gasteiger partial charge in [-0.25, -0.2) is 0 Å². The molecule has 1 aromatic carbocycles. The minimum absolute atomic E-state index is 0.0162. The summed E-state index contributed by atoms with van der Waals surface area (Å²) in [6, 6.07) is 5.53. The number of rotatable bonds is 9. The first-order valence-corrected chi connectivity index (χ1v) is 13.2. The average molecular weight is 488 g/mol. The molecule has 2 saturated heterocycles. The third-order valence-electron chi connectivity index (χ3n) is 8.01. The van der Waals surface area contributed by atoms with Gasteiger partial charge in [-0.2, -0.15) is 0 Å². The van der Waals surface area contributed by atoms with E-state index in [0.717, 1.165) is 57.2 Å². The van der Waals surface area contributed by atoms with E-state index in [9.17, 15) is 19.9 Å². The van der Waals surface area contributed by atoms with E-state index in [1.807, 2.05) is 12.1 Å². The fraction of sp³-hybridized carbons (Fsp3) is 0.692. The number of carbonyl (C=O) groups is 2. The predicted octanol–water partition coefficient (Wildman–Crippen LogP) is 1.45. The van der Waals surface area contributed by atoms with Gasteiger partial charge in [-0.05, 0) is 68.8 Å². The molecule has 3 fully saturated rings. The third-order valence-corrected chi connectivity index (χ3v) is 8.01. The van der Waals surface area contributed by atoms with Gasteiger partial charge < -0.3 is 30.5 Å². The van der Waals surface area contributed by atoms with Gasteiger partial charge in [0.25, 0.3) is 0 Å². The van der Waals surface area contributed by atoms with Crippen molar-refractivity contribution in [2.45, 2.75) is 69.5 Å². The van der Waals surface area contributed by atoms with Gasteiger partial charge in [-0.3, -0.25) is 14.9 Å². The molecule has 3 atom stereocenters. The van der Waals surface area contributed by atoms with Crippen LogP contribution in [0.4, 0.5) is 0 Å². The summed E-state index contributed by atoms with van der Waals surface area (Å²) in [5.41, 5.74) is 0.960. The smallest absolute Gasteiger partial charge is 0.249 e. The second kappa shape index (κ2) is 11.7. The number of nitrogens with one attached hydrogen (secondary N) is 3. The third kappa shape index (κ3) is 6.52. The van der Waals surface area contributed by atoms with Crippen LogP contribution in [0.2, 0.25) is 0 Å². The van der Waals surface area contributed by atoms with Crippen molar-refractivity contribution in [2.24, 2.45) is 5.92 Å². The van der Waals surface area contributed by atoms with E-state index in [1.165, 1.54) is 0 Å². The number of quaternary nitrogens is 1. The lowest BCUT2D eigenvalue weighted by Crippen LogP contribution is -2.65. The van der Waals surface area contributed by atoms with Gasteiger partial charge in [0, 0.05) is 19.0 Å². The first-order valence-electron chi connectivity index (χ1n) is 13.2. The van der Waals surface area contributed by atoms with Crippen LogP contribution < -0.4 is 16.0 Å². The van der Waals surface area contributed by atoms with Crippen molar-refractivity contribution in [3.63, 3.8) is 0 Å². The number of benzene rings is 1. The van der Waals surface area contributed by atoms with Gasteiger partial charge in [0.05, 0.1) is 13.6 Å². The molecule has 0 aromatic heterocycles. The Bertz CT molecular complexity index is 850. The fourth-order valence-electron chi connectivity index (χ4n) is 5.89. The molecular formula is C26H41N5O4. The first kappa shape index (κ1) is 25.9. The zero-order chi connectivity index (χ0) is 24.8. The SMILES string of the molecule is C[N+]1([O-])CNCC1C(C(=O)NCC1CCNCC1)N(C(=O)CCc1ccc(O)cc1)C1CCCC1. The van der Waals surface area contributed by atoms with Crippen molar-refractivity contribution in [3.8, 4) is 5.75 Å². The van der Waals surface area contributed by atoms with Crippen LogP contribution in [-0.2, 0) is 16.0 Å². The molecule has 3 aliphatic rings. The molecule has 1 aromatic rings. The highest BCUT2D eigenvalue weighted by molar-refractivity contribution is 5.88. The lowest BCUT2D eigenvalue weighted by atomic mass is 9.96. The standard InChI is InChI=1S/C26H41N5O4/c1-31(35)18-28-17-23(31)25(26(34)29-16-20-12-14-27-15-13-20)30(21-4-2-3-5-21)24(33)11-8-19-6-9-22(32)10-7-19/h6-7,9-10,20-21,23,25,27-28,32H,2-5,8,11-18H2,1H3,(H,29,34). The monoisotopic (exact) mass is 487 g/mol. The topological polar surface area (TPSA) is 117 Å². The number of aromatic hydroxyl groups is 1. The van der Waals surface area contributed by atoms with Gasteiger partial charge in [0.15, 0.2) is 6.04 Å². The first-order chi connectivity index (χ1) is 16.8. The number of carbonyl (C=O) groups excluding carboxylic acids is 2. The fourth-order valence-corrected chi connectivity index (χ4v) is 5.89. The van der Waals surface area contributed by atoms with Crippen molar-refractivity contribution in [1.82, 2.24) is 20.9 Å².